The van der Waals surface area contributed by atoms with Crippen LogP contribution in [0.1, 0.15) is 24.1 Å². The first-order valence-electron chi connectivity index (χ1n) is 10.2. The fraction of sp³-hybridized carbons (Fsp3) is 0.455. The molecule has 152 valence electrons. The Morgan fingerprint density at radius 2 is 2.24 bits per heavy atom. The molecule has 0 amide bonds. The number of aryl methyl sites for hydroxylation is 1. The molecule has 2 aromatic rings. The van der Waals surface area contributed by atoms with Crippen LogP contribution in [0.5, 0.6) is 0 Å². The Bertz CT molecular complexity index is 955. The van der Waals surface area contributed by atoms with Crippen molar-refractivity contribution in [2.75, 3.05) is 18.0 Å². The monoisotopic (exact) mass is 414 g/mol. The molecular formula is C22H24F2N4S. The fourth-order valence-electron chi connectivity index (χ4n) is 4.87. The number of allylic oxidation sites excluding steroid dienone is 3. The smallest absolute Gasteiger partial charge is 0.143 e. The molecule has 0 bridgehead atoms. The lowest BCUT2D eigenvalue weighted by atomic mass is 9.89. The Balaban J connectivity index is 1.33. The lowest BCUT2D eigenvalue weighted by Gasteiger charge is -2.35. The molecule has 1 N–H and O–H groups in total. The van der Waals surface area contributed by atoms with Gasteiger partial charge in [-0.2, -0.15) is 0 Å². The minimum Gasteiger partial charge on any atom is -0.355 e. The molecule has 0 spiro atoms. The maximum atomic E-state index is 14.4. The molecule has 2 aromatic heterocycles. The molecule has 4 atom stereocenters. The summed E-state index contributed by atoms with van der Waals surface area (Å²) in [6.07, 6.45) is 7.40. The number of hydrogen-bond donors (Lipinski definition) is 1. The average molecular weight is 415 g/mol. The molecule has 3 aliphatic rings. The van der Waals surface area contributed by atoms with Crippen molar-refractivity contribution in [3.63, 3.8) is 0 Å². The van der Waals surface area contributed by atoms with E-state index in [9.17, 15) is 8.78 Å². The van der Waals surface area contributed by atoms with Crippen LogP contribution in [0.3, 0.4) is 0 Å². The summed E-state index contributed by atoms with van der Waals surface area (Å²) in [5, 5.41) is 4.50. The van der Waals surface area contributed by atoms with Crippen molar-refractivity contribution < 1.29 is 8.78 Å². The summed E-state index contributed by atoms with van der Waals surface area (Å²) < 4.78 is 28.6. The standard InChI is InChI=1S/C22H24F2N4S/c1-13-21(27-22(29-13)14-4-3-8-25-11-14)28-9-7-18-15(12-28)10-19(26-18)20-16(23)5-2-6-17(20)24/h2-5,8,11,15,17-19,26H,6-7,9-10,12H2,1H3. The SMILES string of the molecule is Cc1sc(-c2cccnc2)nc1N1CCC2NC(C3=C(F)C=CCC3F)CC2C1. The van der Waals surface area contributed by atoms with E-state index in [-0.39, 0.29) is 12.5 Å². The van der Waals surface area contributed by atoms with Crippen molar-refractivity contribution in [1.29, 1.82) is 0 Å². The van der Waals surface area contributed by atoms with E-state index >= 15 is 0 Å². The lowest BCUT2D eigenvalue weighted by molar-refractivity contribution is 0.345. The minimum absolute atomic E-state index is 0.201. The third kappa shape index (κ3) is 3.51. The first kappa shape index (κ1) is 18.9. The van der Waals surface area contributed by atoms with Gasteiger partial charge in [-0.25, -0.2) is 13.8 Å². The van der Waals surface area contributed by atoms with Gasteiger partial charge in [-0.15, -0.1) is 11.3 Å². The van der Waals surface area contributed by atoms with Gasteiger partial charge in [0.1, 0.15) is 22.8 Å². The average Bonchev–Trinajstić information content (AvgIpc) is 3.31. The van der Waals surface area contributed by atoms with Gasteiger partial charge >= 0.3 is 0 Å². The molecule has 4 nitrogen and oxygen atoms in total. The van der Waals surface area contributed by atoms with Crippen LogP contribution in [0.4, 0.5) is 14.6 Å². The Labute approximate surface area is 173 Å². The van der Waals surface area contributed by atoms with Crippen molar-refractivity contribution in [3.8, 4) is 10.6 Å². The topological polar surface area (TPSA) is 41.1 Å². The highest BCUT2D eigenvalue weighted by Crippen LogP contribution is 2.39. The van der Waals surface area contributed by atoms with Crippen molar-refractivity contribution >= 4 is 17.2 Å². The van der Waals surface area contributed by atoms with Gasteiger partial charge in [-0.1, -0.05) is 6.08 Å². The third-order valence-electron chi connectivity index (χ3n) is 6.26. The number of nitrogens with zero attached hydrogens (tertiary/aromatic N) is 3. The van der Waals surface area contributed by atoms with E-state index in [2.05, 4.69) is 22.1 Å². The van der Waals surface area contributed by atoms with E-state index in [4.69, 9.17) is 4.98 Å². The number of aromatic nitrogens is 2. The number of nitrogens with one attached hydrogen (secondary N) is 1. The Kier molecular flexibility index (Phi) is 4.95. The van der Waals surface area contributed by atoms with Crippen molar-refractivity contribution in [2.24, 2.45) is 5.92 Å². The number of hydrogen-bond acceptors (Lipinski definition) is 5. The summed E-state index contributed by atoms with van der Waals surface area (Å²) in [7, 11) is 0. The number of alkyl halides is 1. The number of halogens is 2. The second-order valence-electron chi connectivity index (χ2n) is 8.11. The van der Waals surface area contributed by atoms with Crippen molar-refractivity contribution in [2.45, 2.75) is 44.4 Å². The van der Waals surface area contributed by atoms with Gasteiger partial charge < -0.3 is 10.2 Å². The molecule has 7 heteroatoms. The van der Waals surface area contributed by atoms with Crippen LogP contribution >= 0.6 is 11.3 Å². The lowest BCUT2D eigenvalue weighted by Crippen LogP contribution is -2.45. The number of rotatable bonds is 3. The van der Waals surface area contributed by atoms with Gasteiger partial charge in [0.05, 0.1) is 0 Å². The quantitative estimate of drug-likeness (QED) is 0.798. The molecule has 29 heavy (non-hydrogen) atoms. The van der Waals surface area contributed by atoms with Gasteiger partial charge in [0, 0.05) is 60.0 Å². The molecule has 2 aliphatic heterocycles. The fourth-order valence-corrected chi connectivity index (χ4v) is 5.80. The summed E-state index contributed by atoms with van der Waals surface area (Å²) in [5.41, 5.74) is 1.35. The summed E-state index contributed by atoms with van der Waals surface area (Å²) in [5.74, 6) is 1.01. The van der Waals surface area contributed by atoms with Gasteiger partial charge in [-0.3, -0.25) is 4.98 Å². The molecule has 4 unspecified atom stereocenters. The van der Waals surface area contributed by atoms with Gasteiger partial charge in [0.15, 0.2) is 0 Å². The Morgan fingerprint density at radius 1 is 1.34 bits per heavy atom. The zero-order valence-corrected chi connectivity index (χ0v) is 17.1. The second kappa shape index (κ2) is 7.61. The number of piperidine rings is 1. The van der Waals surface area contributed by atoms with Gasteiger partial charge in [0.2, 0.25) is 0 Å². The summed E-state index contributed by atoms with van der Waals surface area (Å²) in [6.45, 7) is 3.88. The van der Waals surface area contributed by atoms with E-state index in [1.165, 1.54) is 11.0 Å². The zero-order chi connectivity index (χ0) is 20.0. The van der Waals surface area contributed by atoms with Crippen molar-refractivity contribution in [1.82, 2.24) is 15.3 Å². The van der Waals surface area contributed by atoms with E-state index in [1.54, 1.807) is 23.6 Å². The van der Waals surface area contributed by atoms with E-state index in [1.807, 2.05) is 18.3 Å². The number of pyridine rings is 1. The van der Waals surface area contributed by atoms with Crippen LogP contribution in [-0.4, -0.2) is 41.3 Å². The van der Waals surface area contributed by atoms with Gasteiger partial charge in [0.25, 0.3) is 0 Å². The molecule has 2 saturated heterocycles. The molecule has 5 rings (SSSR count). The second-order valence-corrected chi connectivity index (χ2v) is 9.31. The first-order chi connectivity index (χ1) is 14.1. The first-order valence-corrected chi connectivity index (χ1v) is 11.0. The molecule has 0 aromatic carbocycles. The molecule has 4 heterocycles. The molecule has 2 fully saturated rings. The predicted molar refractivity (Wildman–Crippen MR) is 113 cm³/mol. The highest BCUT2D eigenvalue weighted by molar-refractivity contribution is 7.15. The van der Waals surface area contributed by atoms with E-state index in [0.29, 0.717) is 17.5 Å². The summed E-state index contributed by atoms with van der Waals surface area (Å²) in [6, 6.07) is 4.06. The van der Waals surface area contributed by atoms with Crippen LogP contribution in [0.15, 0.2) is 48.1 Å². The van der Waals surface area contributed by atoms with Gasteiger partial charge in [-0.05, 0) is 43.9 Å². The largest absolute Gasteiger partial charge is 0.355 e. The highest BCUT2D eigenvalue weighted by atomic mass is 32.1. The van der Waals surface area contributed by atoms with E-state index < -0.39 is 12.0 Å². The molecular weight excluding hydrogens is 390 g/mol. The number of thiazole rings is 1. The molecule has 0 radical (unpaired) electrons. The molecule has 0 saturated carbocycles. The molecule has 1 aliphatic carbocycles. The maximum absolute atomic E-state index is 14.4. The number of anilines is 1. The van der Waals surface area contributed by atoms with Crippen LogP contribution in [0.25, 0.3) is 10.6 Å². The third-order valence-corrected chi connectivity index (χ3v) is 7.27. The number of fused-ring (bicyclic) bond motifs is 1. The minimum atomic E-state index is -1.21. The van der Waals surface area contributed by atoms with Crippen LogP contribution in [-0.2, 0) is 0 Å². The highest BCUT2D eigenvalue weighted by Gasteiger charge is 2.42. The van der Waals surface area contributed by atoms with Crippen LogP contribution in [0, 0.1) is 12.8 Å². The summed E-state index contributed by atoms with van der Waals surface area (Å²) in [4.78, 5) is 12.6. The van der Waals surface area contributed by atoms with Crippen molar-refractivity contribution in [3.05, 3.63) is 53.0 Å². The van der Waals surface area contributed by atoms with Crippen LogP contribution < -0.4 is 10.2 Å². The van der Waals surface area contributed by atoms with Crippen LogP contribution in [0.2, 0.25) is 0 Å². The maximum Gasteiger partial charge on any atom is 0.143 e. The summed E-state index contributed by atoms with van der Waals surface area (Å²) >= 11 is 1.69. The normalized spacial score (nSPS) is 29.4. The van der Waals surface area contributed by atoms with E-state index in [0.717, 1.165) is 42.3 Å². The predicted octanol–water partition coefficient (Wildman–Crippen LogP) is 4.59. The zero-order valence-electron chi connectivity index (χ0n) is 16.3. The Hall–Kier alpha value is -2.12. The Morgan fingerprint density at radius 3 is 3.03 bits per heavy atom.